The molecule has 4 aromatic rings. The molecule has 4 rings (SSSR count). The van der Waals surface area contributed by atoms with Crippen LogP contribution >= 0.6 is 11.8 Å². The first-order valence-electron chi connectivity index (χ1n) is 10.8. The summed E-state index contributed by atoms with van der Waals surface area (Å²) in [7, 11) is 2.94. The molecule has 10 heteroatoms. The summed E-state index contributed by atoms with van der Waals surface area (Å²) in [6.07, 6.45) is 0. The first kappa shape index (κ1) is 24.2. The summed E-state index contributed by atoms with van der Waals surface area (Å²) in [6.45, 7) is 5.82. The quantitative estimate of drug-likeness (QED) is 0.206. The van der Waals surface area contributed by atoms with Crippen molar-refractivity contribution < 1.29 is 19.1 Å². The molecule has 0 atom stereocenters. The van der Waals surface area contributed by atoms with E-state index in [1.54, 1.807) is 23.9 Å². The maximum Gasteiger partial charge on any atom is 0.337 e. The second-order valence-electron chi connectivity index (χ2n) is 7.92. The van der Waals surface area contributed by atoms with Gasteiger partial charge in [0.2, 0.25) is 5.16 Å². The van der Waals surface area contributed by atoms with E-state index >= 15 is 0 Å². The smallest absolute Gasteiger partial charge is 0.337 e. The van der Waals surface area contributed by atoms with E-state index < -0.39 is 5.97 Å². The van der Waals surface area contributed by atoms with Crippen molar-refractivity contribution in [2.24, 2.45) is 0 Å². The van der Waals surface area contributed by atoms with E-state index in [2.05, 4.69) is 15.5 Å². The predicted octanol–water partition coefficient (Wildman–Crippen LogP) is 4.15. The second-order valence-corrected chi connectivity index (χ2v) is 8.86. The lowest BCUT2D eigenvalue weighted by Crippen LogP contribution is -2.08. The maximum atomic E-state index is 13.2. The van der Waals surface area contributed by atoms with Gasteiger partial charge in [-0.25, -0.2) is 4.79 Å². The lowest BCUT2D eigenvalue weighted by molar-refractivity contribution is 0.0600. The second kappa shape index (κ2) is 10.1. The highest BCUT2D eigenvalue weighted by molar-refractivity contribution is 7.99. The molecule has 0 unspecified atom stereocenters. The number of carbonyl (C=O) groups is 2. The Morgan fingerprint density at radius 2 is 1.74 bits per heavy atom. The number of rotatable bonds is 8. The van der Waals surface area contributed by atoms with Crippen molar-refractivity contribution in [2.45, 2.75) is 25.9 Å². The fourth-order valence-electron chi connectivity index (χ4n) is 3.90. The van der Waals surface area contributed by atoms with Gasteiger partial charge in [0.05, 0.1) is 25.5 Å². The normalized spacial score (nSPS) is 10.9. The molecule has 2 aromatic carbocycles. The zero-order chi connectivity index (χ0) is 25.1. The summed E-state index contributed by atoms with van der Waals surface area (Å²) in [5.74, 6) is 0.375. The van der Waals surface area contributed by atoms with Crippen LogP contribution in [0.3, 0.4) is 0 Å². The van der Waals surface area contributed by atoms with Crippen molar-refractivity contribution in [1.29, 1.82) is 0 Å². The molecule has 0 bridgehead atoms. The number of aromatic nitrogens is 5. The van der Waals surface area contributed by atoms with E-state index in [0.717, 1.165) is 22.6 Å². The molecule has 2 heterocycles. The zero-order valence-electron chi connectivity index (χ0n) is 20.1. The molecule has 0 aliphatic rings. The Morgan fingerprint density at radius 1 is 1.00 bits per heavy atom. The van der Waals surface area contributed by atoms with Gasteiger partial charge in [-0.15, -0.1) is 5.10 Å². The van der Waals surface area contributed by atoms with Gasteiger partial charge in [-0.3, -0.25) is 4.79 Å². The standard InChI is InChI=1S/C25H25N5O4S/c1-15-6-11-23(33-4)21(12-15)30-25(26-27-28-30)35-14-22(31)20-13-16(2)29(17(20)3)19-9-7-18(8-10-19)24(32)34-5/h6-13H,14H2,1-5H3. The molecule has 0 aliphatic carbocycles. The third-order valence-corrected chi connectivity index (χ3v) is 6.53. The van der Waals surface area contributed by atoms with Crippen LogP contribution in [0, 0.1) is 20.8 Å². The highest BCUT2D eigenvalue weighted by Gasteiger charge is 2.20. The van der Waals surface area contributed by atoms with Gasteiger partial charge >= 0.3 is 5.97 Å². The van der Waals surface area contributed by atoms with E-state index in [1.807, 2.05) is 61.7 Å². The molecule has 0 N–H and O–H groups in total. The van der Waals surface area contributed by atoms with E-state index in [4.69, 9.17) is 9.47 Å². The van der Waals surface area contributed by atoms with Crippen molar-refractivity contribution in [2.75, 3.05) is 20.0 Å². The Morgan fingerprint density at radius 3 is 2.43 bits per heavy atom. The lowest BCUT2D eigenvalue weighted by atomic mass is 10.2. The number of hydrogen-bond donors (Lipinski definition) is 0. The van der Waals surface area contributed by atoms with Crippen molar-refractivity contribution in [3.8, 4) is 17.1 Å². The number of ketones is 1. The van der Waals surface area contributed by atoms with E-state index in [0.29, 0.717) is 27.7 Å². The van der Waals surface area contributed by atoms with Crippen LogP contribution in [0.15, 0.2) is 53.7 Å². The highest BCUT2D eigenvalue weighted by atomic mass is 32.2. The predicted molar refractivity (Wildman–Crippen MR) is 132 cm³/mol. The molecular formula is C25H25N5O4S. The molecule has 0 spiro atoms. The van der Waals surface area contributed by atoms with Crippen molar-refractivity contribution in [1.82, 2.24) is 24.8 Å². The van der Waals surface area contributed by atoms with Gasteiger partial charge < -0.3 is 14.0 Å². The van der Waals surface area contributed by atoms with Crippen LogP contribution in [0.25, 0.3) is 11.4 Å². The van der Waals surface area contributed by atoms with Crippen LogP contribution in [0.5, 0.6) is 5.75 Å². The molecule has 0 aliphatic heterocycles. The summed E-state index contributed by atoms with van der Waals surface area (Å²) in [4.78, 5) is 24.9. The van der Waals surface area contributed by atoms with Crippen LogP contribution in [0.1, 0.15) is 37.7 Å². The van der Waals surface area contributed by atoms with Crippen molar-refractivity contribution in [3.63, 3.8) is 0 Å². The summed E-state index contributed by atoms with van der Waals surface area (Å²) in [6, 6.07) is 14.7. The first-order valence-corrected chi connectivity index (χ1v) is 11.8. The topological polar surface area (TPSA) is 101 Å². The fraction of sp³-hybridized carbons (Fsp3) is 0.240. The molecule has 0 fully saturated rings. The third-order valence-electron chi connectivity index (χ3n) is 5.61. The van der Waals surface area contributed by atoms with Gasteiger partial charge in [0.1, 0.15) is 11.4 Å². The molecule has 0 radical (unpaired) electrons. The van der Waals surface area contributed by atoms with E-state index in [1.165, 1.54) is 18.9 Å². The molecule has 2 aromatic heterocycles. The van der Waals surface area contributed by atoms with Gasteiger partial charge in [0, 0.05) is 22.6 Å². The Bertz CT molecular complexity index is 1390. The largest absolute Gasteiger partial charge is 0.494 e. The average Bonchev–Trinajstić information content (AvgIpc) is 3.45. The third kappa shape index (κ3) is 4.83. The number of nitrogens with zero attached hydrogens (tertiary/aromatic N) is 5. The van der Waals surface area contributed by atoms with E-state index in [9.17, 15) is 9.59 Å². The zero-order valence-corrected chi connectivity index (χ0v) is 20.9. The Kier molecular flexibility index (Phi) is 7.02. The highest BCUT2D eigenvalue weighted by Crippen LogP contribution is 2.28. The Hall–Kier alpha value is -3.92. The first-order chi connectivity index (χ1) is 16.8. The van der Waals surface area contributed by atoms with Crippen LogP contribution in [-0.4, -0.2) is 56.5 Å². The molecule has 0 saturated carbocycles. The maximum absolute atomic E-state index is 13.2. The van der Waals surface area contributed by atoms with Gasteiger partial charge in [-0.2, -0.15) is 4.68 Å². The SMILES string of the molecule is COC(=O)c1ccc(-n2c(C)cc(C(=O)CSc3nnnn3-c3cc(C)ccc3OC)c2C)cc1. The summed E-state index contributed by atoms with van der Waals surface area (Å²) < 4.78 is 13.8. The molecule has 35 heavy (non-hydrogen) atoms. The van der Waals surface area contributed by atoms with Crippen LogP contribution in [0.4, 0.5) is 0 Å². The number of benzene rings is 2. The van der Waals surface area contributed by atoms with Crippen LogP contribution in [-0.2, 0) is 4.74 Å². The number of hydrogen-bond acceptors (Lipinski definition) is 8. The van der Waals surface area contributed by atoms with Gasteiger partial charge in [-0.1, -0.05) is 17.8 Å². The van der Waals surface area contributed by atoms with Crippen molar-refractivity contribution >= 4 is 23.5 Å². The Balaban J connectivity index is 1.55. The number of methoxy groups -OCH3 is 2. The minimum atomic E-state index is -0.393. The molecule has 0 amide bonds. The monoisotopic (exact) mass is 491 g/mol. The number of carbonyl (C=O) groups excluding carboxylic acids is 2. The number of tetrazole rings is 1. The number of esters is 1. The van der Waals surface area contributed by atoms with Crippen molar-refractivity contribution in [3.05, 3.63) is 76.6 Å². The number of Topliss-reactive ketones (excluding diaryl/α,β-unsaturated/α-hetero) is 1. The minimum absolute atomic E-state index is 0.0358. The summed E-state index contributed by atoms with van der Waals surface area (Å²) in [5, 5.41) is 12.5. The summed E-state index contributed by atoms with van der Waals surface area (Å²) in [5.41, 5.74) is 5.43. The average molecular weight is 492 g/mol. The molecule has 9 nitrogen and oxygen atoms in total. The fourth-order valence-corrected chi connectivity index (χ4v) is 4.67. The molecule has 0 saturated heterocycles. The van der Waals surface area contributed by atoms with E-state index in [-0.39, 0.29) is 11.5 Å². The molecule has 180 valence electrons. The van der Waals surface area contributed by atoms with Gasteiger partial charge in [0.15, 0.2) is 5.78 Å². The van der Waals surface area contributed by atoms with Crippen LogP contribution < -0.4 is 4.74 Å². The lowest BCUT2D eigenvalue weighted by Gasteiger charge is -2.11. The number of ether oxygens (including phenoxy) is 2. The Labute approximate surface area is 207 Å². The number of thioether (sulfide) groups is 1. The minimum Gasteiger partial charge on any atom is -0.494 e. The van der Waals surface area contributed by atoms with Crippen LogP contribution in [0.2, 0.25) is 0 Å². The number of aryl methyl sites for hydroxylation is 2. The van der Waals surface area contributed by atoms with Gasteiger partial charge in [0.25, 0.3) is 0 Å². The molecular weight excluding hydrogens is 466 g/mol. The summed E-state index contributed by atoms with van der Waals surface area (Å²) >= 11 is 1.26. The van der Waals surface area contributed by atoms with Gasteiger partial charge in [-0.05, 0) is 79.2 Å².